The van der Waals surface area contributed by atoms with Crippen LogP contribution in [-0.2, 0) is 16.1 Å². The molecule has 0 aliphatic carbocycles. The summed E-state index contributed by atoms with van der Waals surface area (Å²) in [7, 11) is 1.82. The Morgan fingerprint density at radius 3 is 2.61 bits per heavy atom. The van der Waals surface area contributed by atoms with Crippen molar-refractivity contribution in [2.45, 2.75) is 46.3 Å². The maximum Gasteiger partial charge on any atom is 0.251 e. The summed E-state index contributed by atoms with van der Waals surface area (Å²) >= 11 is 0. The van der Waals surface area contributed by atoms with Crippen molar-refractivity contribution in [2.24, 2.45) is 10.9 Å². The number of aliphatic imine (C=N–C) groups is 1. The van der Waals surface area contributed by atoms with Gasteiger partial charge in [-0.2, -0.15) is 5.10 Å². The molecule has 8 nitrogen and oxygen atoms in total. The first-order valence-electron chi connectivity index (χ1n) is 10.3. The van der Waals surface area contributed by atoms with Gasteiger partial charge in [0.2, 0.25) is 0 Å². The number of carbonyl (C=O) groups is 1. The first-order chi connectivity index (χ1) is 13.5. The molecule has 2 aliphatic heterocycles. The standard InChI is InChI=1S/C20H34N6O2/c1-15(14-26-17(3)12-16(2)23-26)13-22-20(21-4)25-9-7-24(8-10-25)19(27)18-6-5-11-28-18/h12,15,18H,5-11,13-14H2,1-4H3,(H,21,22). The third kappa shape index (κ3) is 5.04. The number of amides is 1. The van der Waals surface area contributed by atoms with E-state index in [1.807, 2.05) is 18.9 Å². The molecule has 2 aliphatic rings. The Kier molecular flexibility index (Phi) is 6.93. The zero-order valence-corrected chi connectivity index (χ0v) is 17.6. The van der Waals surface area contributed by atoms with Gasteiger partial charge in [0.05, 0.1) is 5.69 Å². The van der Waals surface area contributed by atoms with E-state index in [0.29, 0.717) is 12.5 Å². The summed E-state index contributed by atoms with van der Waals surface area (Å²) in [6.07, 6.45) is 1.62. The van der Waals surface area contributed by atoms with Crippen LogP contribution in [0, 0.1) is 19.8 Å². The van der Waals surface area contributed by atoms with E-state index in [4.69, 9.17) is 4.74 Å². The summed E-state index contributed by atoms with van der Waals surface area (Å²) in [5, 5.41) is 8.04. The fourth-order valence-corrected chi connectivity index (χ4v) is 3.93. The van der Waals surface area contributed by atoms with E-state index < -0.39 is 0 Å². The Morgan fingerprint density at radius 2 is 2.04 bits per heavy atom. The highest BCUT2D eigenvalue weighted by molar-refractivity contribution is 5.82. The van der Waals surface area contributed by atoms with Gasteiger partial charge in [0.25, 0.3) is 5.91 Å². The molecule has 2 unspecified atom stereocenters. The summed E-state index contributed by atoms with van der Waals surface area (Å²) in [6, 6.07) is 2.11. The highest BCUT2D eigenvalue weighted by Gasteiger charge is 2.30. The first-order valence-corrected chi connectivity index (χ1v) is 10.3. The van der Waals surface area contributed by atoms with Crippen molar-refractivity contribution in [1.82, 2.24) is 24.9 Å². The van der Waals surface area contributed by atoms with Crippen LogP contribution in [0.25, 0.3) is 0 Å². The van der Waals surface area contributed by atoms with E-state index in [1.54, 1.807) is 0 Å². The fourth-order valence-electron chi connectivity index (χ4n) is 3.93. The van der Waals surface area contributed by atoms with Crippen molar-refractivity contribution in [1.29, 1.82) is 0 Å². The van der Waals surface area contributed by atoms with Gasteiger partial charge in [0.15, 0.2) is 5.96 Å². The van der Waals surface area contributed by atoms with Gasteiger partial charge in [-0.05, 0) is 38.7 Å². The van der Waals surface area contributed by atoms with Gasteiger partial charge >= 0.3 is 0 Å². The number of hydrogen-bond donors (Lipinski definition) is 1. The van der Waals surface area contributed by atoms with E-state index in [0.717, 1.165) is 63.8 Å². The number of nitrogens with one attached hydrogen (secondary N) is 1. The second kappa shape index (κ2) is 9.41. The molecule has 156 valence electrons. The van der Waals surface area contributed by atoms with Gasteiger partial charge in [-0.25, -0.2) is 0 Å². The second-order valence-corrected chi connectivity index (χ2v) is 7.96. The van der Waals surface area contributed by atoms with Gasteiger partial charge in [-0.3, -0.25) is 14.5 Å². The SMILES string of the molecule is CN=C(NCC(C)Cn1nc(C)cc1C)N1CCN(C(=O)C2CCCO2)CC1. The lowest BCUT2D eigenvalue weighted by Crippen LogP contribution is -2.55. The molecule has 3 rings (SSSR count). The highest BCUT2D eigenvalue weighted by atomic mass is 16.5. The van der Waals surface area contributed by atoms with Crippen molar-refractivity contribution in [2.75, 3.05) is 46.4 Å². The molecule has 0 radical (unpaired) electrons. The van der Waals surface area contributed by atoms with Crippen molar-refractivity contribution in [3.8, 4) is 0 Å². The molecule has 0 saturated carbocycles. The number of guanidine groups is 1. The van der Waals surface area contributed by atoms with Gasteiger partial charge in [-0.15, -0.1) is 0 Å². The summed E-state index contributed by atoms with van der Waals surface area (Å²) in [5.74, 6) is 1.49. The van der Waals surface area contributed by atoms with Gasteiger partial charge in [0.1, 0.15) is 6.10 Å². The summed E-state index contributed by atoms with van der Waals surface area (Å²) < 4.78 is 7.61. The quantitative estimate of drug-likeness (QED) is 0.601. The number of aryl methyl sites for hydroxylation is 2. The summed E-state index contributed by atoms with van der Waals surface area (Å²) in [6.45, 7) is 11.8. The van der Waals surface area contributed by atoms with Crippen LogP contribution in [0.4, 0.5) is 0 Å². The molecule has 1 amide bonds. The lowest BCUT2D eigenvalue weighted by atomic mass is 10.2. The number of carbonyl (C=O) groups excluding carboxylic acids is 1. The van der Waals surface area contributed by atoms with Crippen molar-refractivity contribution in [3.63, 3.8) is 0 Å². The highest BCUT2D eigenvalue weighted by Crippen LogP contribution is 2.16. The van der Waals surface area contributed by atoms with Gasteiger partial charge in [-0.1, -0.05) is 6.92 Å². The Hall–Kier alpha value is -2.09. The van der Waals surface area contributed by atoms with E-state index in [-0.39, 0.29) is 12.0 Å². The van der Waals surface area contributed by atoms with Crippen LogP contribution < -0.4 is 5.32 Å². The van der Waals surface area contributed by atoms with E-state index in [9.17, 15) is 4.79 Å². The Morgan fingerprint density at radius 1 is 1.32 bits per heavy atom. The van der Waals surface area contributed by atoms with Crippen LogP contribution in [0.15, 0.2) is 11.1 Å². The number of rotatable bonds is 5. The second-order valence-electron chi connectivity index (χ2n) is 7.96. The molecular weight excluding hydrogens is 356 g/mol. The first kappa shape index (κ1) is 20.6. The van der Waals surface area contributed by atoms with Gasteiger partial charge in [0, 0.05) is 58.6 Å². The van der Waals surface area contributed by atoms with Crippen LogP contribution >= 0.6 is 0 Å². The number of hydrogen-bond acceptors (Lipinski definition) is 4. The molecule has 28 heavy (non-hydrogen) atoms. The predicted molar refractivity (Wildman–Crippen MR) is 109 cm³/mol. The molecule has 0 spiro atoms. The Bertz CT molecular complexity index is 687. The summed E-state index contributed by atoms with van der Waals surface area (Å²) in [4.78, 5) is 21.1. The molecule has 1 aromatic rings. The zero-order chi connectivity index (χ0) is 20.1. The number of nitrogens with zero attached hydrogens (tertiary/aromatic N) is 5. The van der Waals surface area contributed by atoms with Crippen LogP contribution in [-0.4, -0.2) is 83.9 Å². The zero-order valence-electron chi connectivity index (χ0n) is 17.6. The molecule has 2 fully saturated rings. The van der Waals surface area contributed by atoms with E-state index in [1.165, 1.54) is 5.69 Å². The van der Waals surface area contributed by atoms with Crippen molar-refractivity contribution in [3.05, 3.63) is 17.5 Å². The third-order valence-corrected chi connectivity index (χ3v) is 5.50. The van der Waals surface area contributed by atoms with E-state index >= 15 is 0 Å². The average molecular weight is 391 g/mol. The predicted octanol–water partition coefficient (Wildman–Crippen LogP) is 1.03. The van der Waals surface area contributed by atoms with E-state index in [2.05, 4.69) is 44.9 Å². The largest absolute Gasteiger partial charge is 0.368 e. The molecule has 0 aromatic carbocycles. The van der Waals surface area contributed by atoms with Gasteiger partial charge < -0.3 is 19.9 Å². The minimum atomic E-state index is -0.223. The molecule has 1 aromatic heterocycles. The number of piperazine rings is 1. The maximum atomic E-state index is 12.5. The monoisotopic (exact) mass is 390 g/mol. The smallest absolute Gasteiger partial charge is 0.251 e. The third-order valence-electron chi connectivity index (χ3n) is 5.50. The summed E-state index contributed by atoms with van der Waals surface area (Å²) in [5.41, 5.74) is 2.25. The molecule has 0 bridgehead atoms. The van der Waals surface area contributed by atoms with Crippen LogP contribution in [0.1, 0.15) is 31.2 Å². The Balaban J connectivity index is 1.44. The molecule has 2 atom stereocenters. The normalized spacial score (nSPS) is 21.9. The minimum absolute atomic E-state index is 0.151. The lowest BCUT2D eigenvalue weighted by Gasteiger charge is -2.37. The molecule has 1 N–H and O–H groups in total. The Labute approximate surface area is 167 Å². The number of ether oxygens (including phenoxy) is 1. The molecule has 2 saturated heterocycles. The minimum Gasteiger partial charge on any atom is -0.368 e. The maximum absolute atomic E-state index is 12.5. The molecule has 3 heterocycles. The van der Waals surface area contributed by atoms with Crippen molar-refractivity contribution >= 4 is 11.9 Å². The number of aromatic nitrogens is 2. The van der Waals surface area contributed by atoms with Crippen LogP contribution in [0.3, 0.4) is 0 Å². The molecular formula is C20H34N6O2. The fraction of sp³-hybridized carbons (Fsp3) is 0.750. The topological polar surface area (TPSA) is 75.0 Å². The average Bonchev–Trinajstić information content (AvgIpc) is 3.32. The van der Waals surface area contributed by atoms with Crippen LogP contribution in [0.5, 0.6) is 0 Å². The van der Waals surface area contributed by atoms with Crippen LogP contribution in [0.2, 0.25) is 0 Å². The van der Waals surface area contributed by atoms with Crippen molar-refractivity contribution < 1.29 is 9.53 Å². The lowest BCUT2D eigenvalue weighted by molar-refractivity contribution is -0.142. The molecule has 8 heteroatoms.